The van der Waals surface area contributed by atoms with Crippen molar-refractivity contribution in [3.63, 3.8) is 0 Å². The average Bonchev–Trinajstić information content (AvgIpc) is 2.15. The Morgan fingerprint density at radius 2 is 2.20 bits per heavy atom. The Morgan fingerprint density at radius 3 is 2.73 bits per heavy atom. The van der Waals surface area contributed by atoms with Gasteiger partial charge in [-0.15, -0.1) is 24.2 Å². The van der Waals surface area contributed by atoms with Gasteiger partial charge in [-0.25, -0.2) is 4.79 Å². The Kier molecular flexibility index (Phi) is 3.17. The molecule has 1 fully saturated rings. The lowest BCUT2D eigenvalue weighted by molar-refractivity contribution is -0.148. The molecule has 0 aromatic heterocycles. The monoisotopic (exact) mass is 252 g/mol. The van der Waals surface area contributed by atoms with E-state index in [4.69, 9.17) is 10.8 Å². The van der Waals surface area contributed by atoms with Crippen LogP contribution < -0.4 is 5.73 Å². The second-order valence-electron chi connectivity index (χ2n) is 3.04. The molecule has 15 heavy (non-hydrogen) atoms. The molecule has 0 aliphatic carbocycles. The van der Waals surface area contributed by atoms with Crippen molar-refractivity contribution in [3.05, 3.63) is 11.5 Å². The van der Waals surface area contributed by atoms with Crippen molar-refractivity contribution < 1.29 is 19.8 Å². The van der Waals surface area contributed by atoms with Crippen molar-refractivity contribution in [1.29, 1.82) is 0 Å². The van der Waals surface area contributed by atoms with Crippen molar-refractivity contribution in [2.45, 2.75) is 11.4 Å². The number of nitrogens with zero attached hydrogens (tertiary/aromatic N) is 1. The third-order valence-corrected chi connectivity index (χ3v) is 3.48. The first-order valence-corrected chi connectivity index (χ1v) is 4.94. The molecule has 2 atom stereocenters. The quantitative estimate of drug-likeness (QED) is 0.544. The number of carboxylic acids is 1. The molecule has 1 unspecified atom stereocenters. The van der Waals surface area contributed by atoms with Crippen LogP contribution >= 0.6 is 24.2 Å². The van der Waals surface area contributed by atoms with Gasteiger partial charge < -0.3 is 15.9 Å². The molecule has 6 nitrogen and oxygen atoms in total. The Bertz CT molecular complexity index is 359. The zero-order valence-electron chi connectivity index (χ0n) is 7.41. The van der Waals surface area contributed by atoms with E-state index in [1.54, 1.807) is 0 Å². The molecule has 84 valence electrons. The van der Waals surface area contributed by atoms with Gasteiger partial charge in [-0.05, 0) is 0 Å². The summed E-state index contributed by atoms with van der Waals surface area (Å²) in [5.41, 5.74) is 5.14. The molecule has 2 heterocycles. The van der Waals surface area contributed by atoms with Crippen LogP contribution in [0, 0.1) is 0 Å². The van der Waals surface area contributed by atoms with Crippen molar-refractivity contribution in [2.24, 2.45) is 5.73 Å². The SMILES string of the molecule is Cl.NC1C(=O)N2C(C(=O)O)=C(O)CS[C@H]12. The van der Waals surface area contributed by atoms with Gasteiger partial charge in [0.15, 0.2) is 5.70 Å². The number of rotatable bonds is 1. The summed E-state index contributed by atoms with van der Waals surface area (Å²) in [5.74, 6) is -1.85. The molecule has 0 radical (unpaired) electrons. The topological polar surface area (TPSA) is 104 Å². The molecule has 1 saturated heterocycles. The second kappa shape index (κ2) is 3.92. The van der Waals surface area contributed by atoms with Gasteiger partial charge in [0.25, 0.3) is 0 Å². The molecular formula is C7H9ClN2O4S. The molecule has 1 amide bonds. The first-order chi connectivity index (χ1) is 6.54. The van der Waals surface area contributed by atoms with E-state index in [1.807, 2.05) is 0 Å². The molecule has 0 bridgehead atoms. The largest absolute Gasteiger partial charge is 0.509 e. The Labute approximate surface area is 95.5 Å². The Morgan fingerprint density at radius 1 is 1.60 bits per heavy atom. The summed E-state index contributed by atoms with van der Waals surface area (Å²) in [5, 5.41) is 17.7. The van der Waals surface area contributed by atoms with Crippen LogP contribution in [0.25, 0.3) is 0 Å². The van der Waals surface area contributed by atoms with Gasteiger partial charge in [-0.3, -0.25) is 9.69 Å². The highest BCUT2D eigenvalue weighted by Gasteiger charge is 2.52. The first kappa shape index (κ1) is 12.2. The summed E-state index contributed by atoms with van der Waals surface area (Å²) in [4.78, 5) is 23.0. The average molecular weight is 253 g/mol. The number of amides is 1. The fraction of sp³-hybridized carbons (Fsp3) is 0.429. The first-order valence-electron chi connectivity index (χ1n) is 3.89. The van der Waals surface area contributed by atoms with E-state index < -0.39 is 17.9 Å². The molecule has 0 saturated carbocycles. The lowest BCUT2D eigenvalue weighted by atomic mass is 10.1. The third kappa shape index (κ3) is 1.56. The Hall–Kier alpha value is -0.920. The minimum absolute atomic E-state index is 0. The van der Waals surface area contributed by atoms with E-state index in [9.17, 15) is 14.7 Å². The normalized spacial score (nSPS) is 29.1. The van der Waals surface area contributed by atoms with Crippen LogP contribution in [0.5, 0.6) is 0 Å². The van der Waals surface area contributed by atoms with Crippen molar-refractivity contribution in [1.82, 2.24) is 4.90 Å². The van der Waals surface area contributed by atoms with Gasteiger partial charge in [0.05, 0.1) is 5.75 Å². The highest BCUT2D eigenvalue weighted by atomic mass is 35.5. The van der Waals surface area contributed by atoms with Gasteiger partial charge in [0, 0.05) is 0 Å². The highest BCUT2D eigenvalue weighted by molar-refractivity contribution is 8.00. The number of halogens is 1. The standard InChI is InChI=1S/C7H8N2O4S.ClH/c8-3-5(11)9-4(7(12)13)2(10)1-14-6(3)9;/h3,6,10H,1,8H2,(H,12,13);1H/t3?,6-;/m1./s1. The summed E-state index contributed by atoms with van der Waals surface area (Å²) in [6, 6.07) is -0.651. The molecule has 4 N–H and O–H groups in total. The maximum Gasteiger partial charge on any atom is 0.356 e. The summed E-state index contributed by atoms with van der Waals surface area (Å²) in [6.45, 7) is 0. The maximum absolute atomic E-state index is 11.2. The number of β-lactam (4-membered cyclic amide) rings is 1. The minimum Gasteiger partial charge on any atom is -0.509 e. The van der Waals surface area contributed by atoms with Crippen molar-refractivity contribution in [2.75, 3.05) is 5.75 Å². The van der Waals surface area contributed by atoms with E-state index in [1.165, 1.54) is 11.8 Å². The number of nitrogens with two attached hydrogens (primary N) is 1. The Balaban J connectivity index is 0.00000112. The van der Waals surface area contributed by atoms with E-state index in [0.717, 1.165) is 4.90 Å². The van der Waals surface area contributed by atoms with E-state index in [-0.39, 0.29) is 35.0 Å². The fourth-order valence-electron chi connectivity index (χ4n) is 1.50. The van der Waals surface area contributed by atoms with E-state index in [2.05, 4.69) is 0 Å². The van der Waals surface area contributed by atoms with Crippen LogP contribution in [0.3, 0.4) is 0 Å². The second-order valence-corrected chi connectivity index (χ2v) is 4.14. The van der Waals surface area contributed by atoms with Gasteiger partial charge in [0.2, 0.25) is 5.91 Å². The van der Waals surface area contributed by atoms with Crippen LogP contribution in [0.1, 0.15) is 0 Å². The number of hydrogen-bond donors (Lipinski definition) is 3. The zero-order chi connectivity index (χ0) is 10.5. The van der Waals surface area contributed by atoms with Gasteiger partial charge in [-0.1, -0.05) is 0 Å². The number of hydrogen-bond acceptors (Lipinski definition) is 5. The lowest BCUT2D eigenvalue weighted by Gasteiger charge is -2.46. The summed E-state index contributed by atoms with van der Waals surface area (Å²) in [7, 11) is 0. The highest BCUT2D eigenvalue weighted by Crippen LogP contribution is 2.38. The molecular weight excluding hydrogens is 244 g/mol. The molecule has 0 aromatic rings. The zero-order valence-corrected chi connectivity index (χ0v) is 9.05. The molecule has 2 aliphatic rings. The molecule has 0 spiro atoms. The third-order valence-electron chi connectivity index (χ3n) is 2.19. The number of thioether (sulfide) groups is 1. The van der Waals surface area contributed by atoms with Crippen LogP contribution in [0.4, 0.5) is 0 Å². The van der Waals surface area contributed by atoms with Gasteiger partial charge >= 0.3 is 5.97 Å². The summed E-state index contributed by atoms with van der Waals surface area (Å²) >= 11 is 1.26. The van der Waals surface area contributed by atoms with E-state index in [0.29, 0.717) is 0 Å². The van der Waals surface area contributed by atoms with Crippen LogP contribution in [-0.4, -0.2) is 44.2 Å². The summed E-state index contributed by atoms with van der Waals surface area (Å²) in [6.07, 6.45) is 0. The molecule has 2 rings (SSSR count). The number of carbonyl (C=O) groups excluding carboxylic acids is 1. The predicted octanol–water partition coefficient (Wildman–Crippen LogP) is -0.495. The van der Waals surface area contributed by atoms with E-state index >= 15 is 0 Å². The smallest absolute Gasteiger partial charge is 0.356 e. The minimum atomic E-state index is -1.30. The number of fused-ring (bicyclic) bond motifs is 1. The van der Waals surface area contributed by atoms with Crippen molar-refractivity contribution >= 4 is 36.0 Å². The number of carboxylic acid groups (broad SMARTS) is 1. The number of aliphatic hydroxyl groups excluding tert-OH is 1. The van der Waals surface area contributed by atoms with Crippen LogP contribution in [0.15, 0.2) is 11.5 Å². The fourth-order valence-corrected chi connectivity index (χ4v) is 2.65. The maximum atomic E-state index is 11.2. The van der Waals surface area contributed by atoms with Gasteiger partial charge in [-0.2, -0.15) is 0 Å². The van der Waals surface area contributed by atoms with Gasteiger partial charge in [0.1, 0.15) is 17.2 Å². The number of aliphatic carboxylic acids is 1. The molecule has 8 heteroatoms. The lowest BCUT2D eigenvalue weighted by Crippen LogP contribution is -2.68. The molecule has 2 aliphatic heterocycles. The number of carbonyl (C=O) groups is 2. The summed E-state index contributed by atoms with van der Waals surface area (Å²) < 4.78 is 0. The predicted molar refractivity (Wildman–Crippen MR) is 55.6 cm³/mol. The van der Waals surface area contributed by atoms with Crippen LogP contribution in [0.2, 0.25) is 0 Å². The van der Waals surface area contributed by atoms with Crippen molar-refractivity contribution in [3.8, 4) is 0 Å². The number of aliphatic hydroxyl groups is 1. The molecule has 0 aromatic carbocycles. The van der Waals surface area contributed by atoms with Crippen LogP contribution in [-0.2, 0) is 9.59 Å².